The van der Waals surface area contributed by atoms with Crippen LogP contribution in [0.4, 0.5) is 0 Å². The standard InChI is InChI=1S/C9H20.C6H13N.C2H6/c1-4-6-7-8-9(3)5-2;1-7-5-3-2-4-6-7;1-2/h9H,4-8H2,1-3H3;2-6H2,1H3;1-2H3. The summed E-state index contributed by atoms with van der Waals surface area (Å²) >= 11 is 0. The van der Waals surface area contributed by atoms with E-state index in [0.717, 1.165) is 5.92 Å². The predicted molar refractivity (Wildman–Crippen MR) is 86.3 cm³/mol. The quantitative estimate of drug-likeness (QED) is 0.568. The minimum Gasteiger partial charge on any atom is -0.306 e. The lowest BCUT2D eigenvalue weighted by Crippen LogP contribution is -2.24. The van der Waals surface area contributed by atoms with Crippen LogP contribution < -0.4 is 0 Å². The molecule has 1 aliphatic heterocycles. The number of unbranched alkanes of at least 4 members (excludes halogenated alkanes) is 2. The molecule has 112 valence electrons. The molecule has 0 aliphatic carbocycles. The molecule has 1 heteroatoms. The van der Waals surface area contributed by atoms with Gasteiger partial charge in [-0.1, -0.05) is 73.1 Å². The van der Waals surface area contributed by atoms with Crippen LogP contribution in [0.2, 0.25) is 0 Å². The first-order valence-corrected chi connectivity index (χ1v) is 8.39. The topological polar surface area (TPSA) is 3.24 Å². The summed E-state index contributed by atoms with van der Waals surface area (Å²) in [5.74, 6) is 0.955. The number of hydrogen-bond acceptors (Lipinski definition) is 1. The Labute approximate surface area is 117 Å². The molecule has 0 N–H and O–H groups in total. The maximum atomic E-state index is 2.39. The fourth-order valence-corrected chi connectivity index (χ4v) is 2.00. The summed E-state index contributed by atoms with van der Waals surface area (Å²) in [6, 6.07) is 0. The van der Waals surface area contributed by atoms with Crippen LogP contribution in [0.25, 0.3) is 0 Å². The van der Waals surface area contributed by atoms with E-state index in [0.29, 0.717) is 0 Å². The van der Waals surface area contributed by atoms with Crippen molar-refractivity contribution < 1.29 is 0 Å². The summed E-state index contributed by atoms with van der Waals surface area (Å²) < 4.78 is 0. The zero-order chi connectivity index (χ0) is 14.2. The molecule has 0 spiro atoms. The minimum absolute atomic E-state index is 0.955. The third kappa shape index (κ3) is 16.0. The van der Waals surface area contributed by atoms with Gasteiger partial charge in [-0.15, -0.1) is 0 Å². The van der Waals surface area contributed by atoms with Gasteiger partial charge in [0.15, 0.2) is 0 Å². The van der Waals surface area contributed by atoms with Crippen molar-refractivity contribution in [2.24, 2.45) is 5.92 Å². The number of rotatable bonds is 5. The Kier molecular flexibility index (Phi) is 19.1. The summed E-state index contributed by atoms with van der Waals surface area (Å²) in [6.45, 7) is 13.5. The van der Waals surface area contributed by atoms with E-state index in [1.54, 1.807) is 0 Å². The van der Waals surface area contributed by atoms with Gasteiger partial charge < -0.3 is 4.90 Å². The monoisotopic (exact) mass is 257 g/mol. The van der Waals surface area contributed by atoms with Crippen LogP contribution in [-0.4, -0.2) is 25.0 Å². The lowest BCUT2D eigenvalue weighted by atomic mass is 10.0. The van der Waals surface area contributed by atoms with Crippen LogP contribution in [0.3, 0.4) is 0 Å². The normalized spacial score (nSPS) is 17.0. The van der Waals surface area contributed by atoms with Crippen molar-refractivity contribution in [3.05, 3.63) is 0 Å². The van der Waals surface area contributed by atoms with Crippen molar-refractivity contribution in [1.82, 2.24) is 4.90 Å². The highest BCUT2D eigenvalue weighted by Gasteiger charge is 2.02. The third-order valence-electron chi connectivity index (χ3n) is 3.58. The highest BCUT2D eigenvalue weighted by molar-refractivity contribution is 4.58. The Morgan fingerprint density at radius 2 is 1.50 bits per heavy atom. The first-order valence-electron chi connectivity index (χ1n) is 8.39. The van der Waals surface area contributed by atoms with E-state index in [9.17, 15) is 0 Å². The molecule has 0 aromatic rings. The molecule has 0 saturated carbocycles. The number of piperidine rings is 1. The Hall–Kier alpha value is -0.0400. The van der Waals surface area contributed by atoms with Gasteiger partial charge in [-0.05, 0) is 38.9 Å². The summed E-state index contributed by atoms with van der Waals surface area (Å²) in [5, 5.41) is 0. The minimum atomic E-state index is 0.955. The van der Waals surface area contributed by atoms with E-state index < -0.39 is 0 Å². The highest BCUT2D eigenvalue weighted by Crippen LogP contribution is 2.11. The SMILES string of the molecule is CC.CCCCCC(C)CC.CN1CCCCC1. The van der Waals surface area contributed by atoms with E-state index in [1.807, 2.05) is 13.8 Å². The van der Waals surface area contributed by atoms with E-state index in [1.165, 1.54) is 64.5 Å². The van der Waals surface area contributed by atoms with Crippen molar-refractivity contribution in [2.75, 3.05) is 20.1 Å². The molecular formula is C17H39N. The molecule has 1 unspecified atom stereocenters. The molecule has 1 nitrogen and oxygen atoms in total. The predicted octanol–water partition coefficient (Wildman–Crippen LogP) is 5.74. The van der Waals surface area contributed by atoms with E-state index >= 15 is 0 Å². The first-order chi connectivity index (χ1) is 8.70. The van der Waals surface area contributed by atoms with Crippen molar-refractivity contribution in [3.8, 4) is 0 Å². The molecular weight excluding hydrogens is 218 g/mol. The van der Waals surface area contributed by atoms with E-state index in [2.05, 4.69) is 32.7 Å². The summed E-state index contributed by atoms with van der Waals surface area (Å²) in [7, 11) is 2.19. The van der Waals surface area contributed by atoms with Gasteiger partial charge in [0.1, 0.15) is 0 Å². The van der Waals surface area contributed by atoms with Crippen molar-refractivity contribution in [2.45, 2.75) is 86.0 Å². The maximum absolute atomic E-state index is 2.39. The Bertz CT molecular complexity index is 128. The van der Waals surface area contributed by atoms with Gasteiger partial charge >= 0.3 is 0 Å². The van der Waals surface area contributed by atoms with Crippen LogP contribution in [-0.2, 0) is 0 Å². The van der Waals surface area contributed by atoms with Gasteiger partial charge in [0.2, 0.25) is 0 Å². The van der Waals surface area contributed by atoms with E-state index in [4.69, 9.17) is 0 Å². The van der Waals surface area contributed by atoms with Gasteiger partial charge in [0, 0.05) is 0 Å². The lowest BCUT2D eigenvalue weighted by molar-refractivity contribution is 0.277. The third-order valence-corrected chi connectivity index (χ3v) is 3.58. The molecule has 1 fully saturated rings. The maximum Gasteiger partial charge on any atom is -0.00218 e. The first kappa shape index (κ1) is 20.3. The number of nitrogens with zero attached hydrogens (tertiary/aromatic N) is 1. The second-order valence-electron chi connectivity index (χ2n) is 5.37. The largest absolute Gasteiger partial charge is 0.306 e. The fraction of sp³-hybridized carbons (Fsp3) is 1.00. The molecule has 1 heterocycles. The smallest absolute Gasteiger partial charge is 0.00218 e. The lowest BCUT2D eigenvalue weighted by Gasteiger charge is -2.20. The summed E-state index contributed by atoms with van der Waals surface area (Å²) in [6.07, 6.45) is 11.3. The molecule has 1 aliphatic rings. The van der Waals surface area contributed by atoms with E-state index in [-0.39, 0.29) is 0 Å². The second-order valence-corrected chi connectivity index (χ2v) is 5.37. The van der Waals surface area contributed by atoms with Crippen LogP contribution in [0.5, 0.6) is 0 Å². The molecule has 1 saturated heterocycles. The molecule has 0 aromatic heterocycles. The van der Waals surface area contributed by atoms with Crippen LogP contribution in [0, 0.1) is 5.92 Å². The Morgan fingerprint density at radius 3 is 1.83 bits per heavy atom. The fourth-order valence-electron chi connectivity index (χ4n) is 2.00. The van der Waals surface area contributed by atoms with Crippen LogP contribution in [0.15, 0.2) is 0 Å². The van der Waals surface area contributed by atoms with Crippen molar-refractivity contribution >= 4 is 0 Å². The molecule has 0 amide bonds. The molecule has 0 bridgehead atoms. The van der Waals surface area contributed by atoms with Crippen molar-refractivity contribution in [3.63, 3.8) is 0 Å². The number of likely N-dealkylation sites (tertiary alicyclic amines) is 1. The zero-order valence-corrected chi connectivity index (χ0v) is 14.1. The van der Waals surface area contributed by atoms with Gasteiger partial charge in [-0.2, -0.15) is 0 Å². The van der Waals surface area contributed by atoms with Gasteiger partial charge in [-0.25, -0.2) is 0 Å². The summed E-state index contributed by atoms with van der Waals surface area (Å²) in [5.41, 5.74) is 0. The molecule has 1 rings (SSSR count). The highest BCUT2D eigenvalue weighted by atomic mass is 15.1. The average molecular weight is 258 g/mol. The molecule has 18 heavy (non-hydrogen) atoms. The second kappa shape index (κ2) is 17.0. The Balaban J connectivity index is 0. The van der Waals surface area contributed by atoms with Crippen molar-refractivity contribution in [1.29, 1.82) is 0 Å². The van der Waals surface area contributed by atoms with Gasteiger partial charge in [0.25, 0.3) is 0 Å². The van der Waals surface area contributed by atoms with Gasteiger partial charge in [0.05, 0.1) is 0 Å². The summed E-state index contributed by atoms with van der Waals surface area (Å²) in [4.78, 5) is 2.39. The number of hydrogen-bond donors (Lipinski definition) is 0. The zero-order valence-electron chi connectivity index (χ0n) is 14.1. The molecule has 0 aromatic carbocycles. The molecule has 0 radical (unpaired) electrons. The van der Waals surface area contributed by atoms with Crippen LogP contribution in [0.1, 0.15) is 86.0 Å². The molecule has 1 atom stereocenters. The van der Waals surface area contributed by atoms with Crippen LogP contribution >= 0.6 is 0 Å². The Morgan fingerprint density at radius 1 is 0.944 bits per heavy atom. The van der Waals surface area contributed by atoms with Gasteiger partial charge in [-0.3, -0.25) is 0 Å². The average Bonchev–Trinajstić information content (AvgIpc) is 2.43.